The second-order valence-corrected chi connectivity index (χ2v) is 4.27. The predicted molar refractivity (Wildman–Crippen MR) is 54.4 cm³/mol. The van der Waals surface area contributed by atoms with Crippen molar-refractivity contribution in [3.05, 3.63) is 11.8 Å². The van der Waals surface area contributed by atoms with Gasteiger partial charge in [0, 0.05) is 17.3 Å². The maximum atomic E-state index is 4.57. The second kappa shape index (κ2) is 3.42. The lowest BCUT2D eigenvalue weighted by molar-refractivity contribution is 0.578. The summed E-state index contributed by atoms with van der Waals surface area (Å²) < 4.78 is 0. The van der Waals surface area contributed by atoms with Crippen LogP contribution in [0.2, 0.25) is 0 Å². The smallest absolute Gasteiger partial charge is 0.0395 e. The largest absolute Gasteiger partial charge is 0.262 e. The van der Waals surface area contributed by atoms with E-state index in [0.717, 1.165) is 0 Å². The molecule has 0 N–H and O–H groups in total. The topological polar surface area (TPSA) is 12.4 Å². The van der Waals surface area contributed by atoms with E-state index in [4.69, 9.17) is 0 Å². The Bertz CT molecular complexity index is 221. The Balaban J connectivity index is 2.79. The van der Waals surface area contributed by atoms with Gasteiger partial charge in [-0.1, -0.05) is 33.8 Å². The van der Waals surface area contributed by atoms with Crippen LogP contribution in [0, 0.1) is 17.8 Å². The number of hydrogen-bond acceptors (Lipinski definition) is 1. The molecular weight excluding hydrogens is 146 g/mol. The fourth-order valence-corrected chi connectivity index (χ4v) is 1.62. The average molecular weight is 165 g/mol. The van der Waals surface area contributed by atoms with Gasteiger partial charge in [0.1, 0.15) is 0 Å². The van der Waals surface area contributed by atoms with Crippen molar-refractivity contribution in [1.82, 2.24) is 0 Å². The van der Waals surface area contributed by atoms with Crippen LogP contribution in [0.4, 0.5) is 0 Å². The van der Waals surface area contributed by atoms with Crippen molar-refractivity contribution in [2.24, 2.45) is 22.7 Å². The van der Waals surface area contributed by atoms with E-state index in [0.29, 0.717) is 17.8 Å². The fourth-order valence-electron chi connectivity index (χ4n) is 1.62. The first-order valence-electron chi connectivity index (χ1n) is 4.79. The molecule has 0 aromatic carbocycles. The Morgan fingerprint density at radius 3 is 2.08 bits per heavy atom. The third-order valence-corrected chi connectivity index (χ3v) is 2.45. The number of allylic oxidation sites excluding steroid dienone is 2. The summed E-state index contributed by atoms with van der Waals surface area (Å²) in [5.74, 6) is 1.84. The molecule has 1 aliphatic rings. The van der Waals surface area contributed by atoms with Gasteiger partial charge in [0.05, 0.1) is 0 Å². The summed E-state index contributed by atoms with van der Waals surface area (Å²) in [7, 11) is 0. The molecule has 1 rings (SSSR count). The molecule has 1 heteroatoms. The number of hydrogen-bond donors (Lipinski definition) is 0. The van der Waals surface area contributed by atoms with E-state index < -0.39 is 0 Å². The van der Waals surface area contributed by atoms with Gasteiger partial charge in [-0.2, -0.15) is 0 Å². The Morgan fingerprint density at radius 1 is 1.25 bits per heavy atom. The molecule has 0 saturated carbocycles. The summed E-state index contributed by atoms with van der Waals surface area (Å²) in [5.41, 5.74) is 2.56. The van der Waals surface area contributed by atoms with Crippen LogP contribution in [0.3, 0.4) is 0 Å². The molecule has 0 spiro atoms. The molecule has 0 amide bonds. The van der Waals surface area contributed by atoms with Crippen LogP contribution in [0.5, 0.6) is 0 Å². The SMILES string of the molecule is CC1=NC(C(C)C)=CC1C(C)C. The zero-order valence-corrected chi connectivity index (χ0v) is 8.76. The van der Waals surface area contributed by atoms with Gasteiger partial charge in [-0.05, 0) is 18.8 Å². The molecule has 0 radical (unpaired) electrons. The molecule has 0 aliphatic carbocycles. The number of aliphatic imine (C=N–C) groups is 1. The van der Waals surface area contributed by atoms with E-state index in [1.807, 2.05) is 0 Å². The van der Waals surface area contributed by atoms with Crippen molar-refractivity contribution in [1.29, 1.82) is 0 Å². The Hall–Kier alpha value is -0.590. The van der Waals surface area contributed by atoms with Crippen LogP contribution in [0.15, 0.2) is 16.8 Å². The highest BCUT2D eigenvalue weighted by atomic mass is 14.8. The molecule has 1 atom stereocenters. The van der Waals surface area contributed by atoms with Crippen LogP contribution in [-0.4, -0.2) is 5.71 Å². The monoisotopic (exact) mass is 165 g/mol. The van der Waals surface area contributed by atoms with Crippen molar-refractivity contribution in [3.8, 4) is 0 Å². The lowest BCUT2D eigenvalue weighted by atomic mass is 9.92. The van der Waals surface area contributed by atoms with Crippen molar-refractivity contribution < 1.29 is 0 Å². The first kappa shape index (κ1) is 9.50. The van der Waals surface area contributed by atoms with Gasteiger partial charge in [0.25, 0.3) is 0 Å². The van der Waals surface area contributed by atoms with Gasteiger partial charge in [-0.3, -0.25) is 4.99 Å². The van der Waals surface area contributed by atoms with Gasteiger partial charge < -0.3 is 0 Å². The van der Waals surface area contributed by atoms with Crippen LogP contribution in [0.1, 0.15) is 34.6 Å². The predicted octanol–water partition coefficient (Wildman–Crippen LogP) is 3.27. The standard InChI is InChI=1S/C11H19N/c1-7(2)10-6-11(8(3)4)12-9(10)5/h6-8,10H,1-5H3. The van der Waals surface area contributed by atoms with Gasteiger partial charge in [-0.15, -0.1) is 0 Å². The van der Waals surface area contributed by atoms with Gasteiger partial charge in [-0.25, -0.2) is 0 Å². The van der Waals surface area contributed by atoms with E-state index in [1.54, 1.807) is 0 Å². The van der Waals surface area contributed by atoms with Crippen LogP contribution in [0.25, 0.3) is 0 Å². The summed E-state index contributed by atoms with van der Waals surface area (Å²) in [6.07, 6.45) is 2.32. The van der Waals surface area contributed by atoms with E-state index in [-0.39, 0.29) is 0 Å². The quantitative estimate of drug-likeness (QED) is 0.595. The molecule has 68 valence electrons. The molecule has 0 aromatic heterocycles. The molecule has 0 saturated heterocycles. The van der Waals surface area contributed by atoms with Crippen LogP contribution >= 0.6 is 0 Å². The molecular formula is C11H19N. The number of nitrogens with zero attached hydrogens (tertiary/aromatic N) is 1. The third kappa shape index (κ3) is 1.77. The van der Waals surface area contributed by atoms with Crippen molar-refractivity contribution in [2.45, 2.75) is 34.6 Å². The molecule has 0 bridgehead atoms. The highest BCUT2D eigenvalue weighted by Gasteiger charge is 2.21. The lowest BCUT2D eigenvalue weighted by Gasteiger charge is -2.11. The second-order valence-electron chi connectivity index (χ2n) is 4.27. The lowest BCUT2D eigenvalue weighted by Crippen LogP contribution is -2.11. The Labute approximate surface area is 75.6 Å². The first-order chi connectivity index (χ1) is 5.52. The van der Waals surface area contributed by atoms with Gasteiger partial charge in [0.2, 0.25) is 0 Å². The maximum absolute atomic E-state index is 4.57. The van der Waals surface area contributed by atoms with E-state index in [2.05, 4.69) is 45.7 Å². The Morgan fingerprint density at radius 2 is 1.83 bits per heavy atom. The summed E-state index contributed by atoms with van der Waals surface area (Å²) in [5, 5.41) is 0. The normalized spacial score (nSPS) is 23.4. The summed E-state index contributed by atoms with van der Waals surface area (Å²) >= 11 is 0. The highest BCUT2D eigenvalue weighted by molar-refractivity contribution is 5.89. The van der Waals surface area contributed by atoms with E-state index >= 15 is 0 Å². The zero-order valence-electron chi connectivity index (χ0n) is 8.76. The Kier molecular flexibility index (Phi) is 2.71. The first-order valence-corrected chi connectivity index (χ1v) is 4.79. The van der Waals surface area contributed by atoms with Crippen LogP contribution < -0.4 is 0 Å². The van der Waals surface area contributed by atoms with E-state index in [1.165, 1.54) is 11.4 Å². The maximum Gasteiger partial charge on any atom is 0.0395 e. The molecule has 1 unspecified atom stereocenters. The van der Waals surface area contributed by atoms with Crippen molar-refractivity contribution in [3.63, 3.8) is 0 Å². The van der Waals surface area contributed by atoms with Crippen molar-refractivity contribution >= 4 is 5.71 Å². The summed E-state index contributed by atoms with van der Waals surface area (Å²) in [4.78, 5) is 4.57. The molecule has 0 aromatic rings. The molecule has 0 fully saturated rings. The minimum absolute atomic E-state index is 0.573. The molecule has 1 heterocycles. The van der Waals surface area contributed by atoms with Gasteiger partial charge in [0.15, 0.2) is 0 Å². The minimum Gasteiger partial charge on any atom is -0.262 e. The minimum atomic E-state index is 0.573. The third-order valence-electron chi connectivity index (χ3n) is 2.45. The summed E-state index contributed by atoms with van der Waals surface area (Å²) in [6.45, 7) is 11.0. The highest BCUT2D eigenvalue weighted by Crippen LogP contribution is 2.27. The molecule has 1 aliphatic heterocycles. The average Bonchev–Trinajstić information content (AvgIpc) is 2.30. The molecule has 1 nitrogen and oxygen atoms in total. The van der Waals surface area contributed by atoms with Crippen molar-refractivity contribution in [2.75, 3.05) is 0 Å². The van der Waals surface area contributed by atoms with Gasteiger partial charge >= 0.3 is 0 Å². The van der Waals surface area contributed by atoms with E-state index in [9.17, 15) is 0 Å². The summed E-state index contributed by atoms with van der Waals surface area (Å²) in [6, 6.07) is 0. The number of rotatable bonds is 2. The molecule has 12 heavy (non-hydrogen) atoms. The fraction of sp³-hybridized carbons (Fsp3) is 0.727. The zero-order chi connectivity index (χ0) is 9.30. The van der Waals surface area contributed by atoms with Crippen LogP contribution in [-0.2, 0) is 0 Å².